The number of aryl methyl sites for hydroxylation is 2. The van der Waals surface area contributed by atoms with Crippen LogP contribution in [0.5, 0.6) is 0 Å². The van der Waals surface area contributed by atoms with Crippen molar-refractivity contribution in [1.82, 2.24) is 14.5 Å². The Morgan fingerprint density at radius 1 is 1.56 bits per heavy atom. The summed E-state index contributed by atoms with van der Waals surface area (Å²) in [5.74, 6) is -0.0879. The number of nitrogens with zero attached hydrogens (tertiary/aromatic N) is 3. The zero-order valence-corrected chi connectivity index (χ0v) is 15.6. The fraction of sp³-hybridized carbons (Fsp3) is 0.588. The van der Waals surface area contributed by atoms with Gasteiger partial charge in [-0.05, 0) is 25.3 Å². The molecule has 2 aromatic heterocycles. The van der Waals surface area contributed by atoms with Crippen molar-refractivity contribution in [3.63, 3.8) is 0 Å². The second kappa shape index (κ2) is 7.63. The zero-order valence-electron chi connectivity index (χ0n) is 14.8. The molecule has 3 rings (SSSR count). The Bertz CT molecular complexity index is 823. The molecule has 0 bridgehead atoms. The van der Waals surface area contributed by atoms with Crippen LogP contribution in [0, 0.1) is 6.92 Å². The number of hydrogen-bond acceptors (Lipinski definition) is 6. The Hall–Kier alpha value is -1.77. The van der Waals surface area contributed by atoms with Crippen molar-refractivity contribution < 1.29 is 14.3 Å². The number of amides is 1. The Morgan fingerprint density at radius 3 is 3.04 bits per heavy atom. The predicted molar refractivity (Wildman–Crippen MR) is 96.4 cm³/mol. The molecule has 1 fully saturated rings. The number of ether oxygens (including phenoxy) is 2. The molecule has 3 heterocycles. The fourth-order valence-electron chi connectivity index (χ4n) is 3.07. The topological polar surface area (TPSA) is 73.7 Å². The van der Waals surface area contributed by atoms with E-state index in [0.29, 0.717) is 40.4 Å². The Balaban J connectivity index is 1.92. The first-order valence-corrected chi connectivity index (χ1v) is 9.19. The second-order valence-corrected chi connectivity index (χ2v) is 7.28. The molecule has 0 saturated carbocycles. The van der Waals surface area contributed by atoms with E-state index in [9.17, 15) is 9.59 Å². The van der Waals surface area contributed by atoms with Crippen LogP contribution in [-0.4, -0.2) is 59.9 Å². The first kappa shape index (κ1) is 18.0. The molecular formula is C17H23N3O4S. The fourth-order valence-corrected chi connectivity index (χ4v) is 4.18. The zero-order chi connectivity index (χ0) is 18.0. The van der Waals surface area contributed by atoms with E-state index in [1.165, 1.54) is 22.2 Å². The third kappa shape index (κ3) is 3.61. The monoisotopic (exact) mass is 365 g/mol. The summed E-state index contributed by atoms with van der Waals surface area (Å²) in [4.78, 5) is 32.7. The first-order valence-electron chi connectivity index (χ1n) is 8.37. The van der Waals surface area contributed by atoms with Crippen molar-refractivity contribution in [1.29, 1.82) is 0 Å². The van der Waals surface area contributed by atoms with E-state index < -0.39 is 0 Å². The van der Waals surface area contributed by atoms with Gasteiger partial charge in [0.05, 0.1) is 29.3 Å². The van der Waals surface area contributed by atoms with E-state index in [2.05, 4.69) is 4.98 Å². The van der Waals surface area contributed by atoms with Gasteiger partial charge >= 0.3 is 0 Å². The molecule has 25 heavy (non-hydrogen) atoms. The molecule has 1 saturated heterocycles. The van der Waals surface area contributed by atoms with Crippen molar-refractivity contribution in [2.75, 3.05) is 33.4 Å². The van der Waals surface area contributed by atoms with Gasteiger partial charge in [0.15, 0.2) is 0 Å². The molecule has 0 aromatic carbocycles. The summed E-state index contributed by atoms with van der Waals surface area (Å²) in [5.41, 5.74) is 0.578. The minimum absolute atomic E-state index is 0.0708. The molecule has 8 heteroatoms. The van der Waals surface area contributed by atoms with Gasteiger partial charge < -0.3 is 18.9 Å². The highest BCUT2D eigenvalue weighted by atomic mass is 32.1. The highest BCUT2D eigenvalue weighted by molar-refractivity contribution is 7.20. The molecule has 0 spiro atoms. The minimum atomic E-state index is -0.125. The molecule has 2 aromatic rings. The van der Waals surface area contributed by atoms with Crippen LogP contribution in [0.1, 0.15) is 28.1 Å². The average molecular weight is 365 g/mol. The van der Waals surface area contributed by atoms with E-state index in [4.69, 9.17) is 9.47 Å². The van der Waals surface area contributed by atoms with Gasteiger partial charge in [-0.1, -0.05) is 0 Å². The predicted octanol–water partition coefficient (Wildman–Crippen LogP) is 1.57. The van der Waals surface area contributed by atoms with Crippen molar-refractivity contribution >= 4 is 27.5 Å². The maximum absolute atomic E-state index is 13.1. The summed E-state index contributed by atoms with van der Waals surface area (Å²) in [7, 11) is 3.28. The van der Waals surface area contributed by atoms with Crippen LogP contribution in [0.2, 0.25) is 0 Å². The van der Waals surface area contributed by atoms with E-state index in [0.717, 1.165) is 19.4 Å². The number of carbonyl (C=O) groups is 1. The van der Waals surface area contributed by atoms with E-state index >= 15 is 0 Å². The van der Waals surface area contributed by atoms with Gasteiger partial charge in [-0.25, -0.2) is 4.98 Å². The molecule has 1 amide bonds. The lowest BCUT2D eigenvalue weighted by molar-refractivity contribution is 0.0459. The third-order valence-electron chi connectivity index (χ3n) is 4.51. The Labute approximate surface area is 150 Å². The van der Waals surface area contributed by atoms with Crippen LogP contribution in [0.3, 0.4) is 0 Å². The number of fused-ring (bicyclic) bond motifs is 1. The van der Waals surface area contributed by atoms with E-state index in [-0.39, 0.29) is 17.6 Å². The van der Waals surface area contributed by atoms with E-state index in [1.807, 2.05) is 6.92 Å². The molecule has 0 radical (unpaired) electrons. The summed E-state index contributed by atoms with van der Waals surface area (Å²) in [6, 6.07) is 0. The summed E-state index contributed by atoms with van der Waals surface area (Å²) in [6.45, 7) is 4.06. The lowest BCUT2D eigenvalue weighted by atomic mass is 10.2. The Kier molecular flexibility index (Phi) is 5.51. The minimum Gasteiger partial charge on any atom is -0.383 e. The average Bonchev–Trinajstić information content (AvgIpc) is 3.22. The van der Waals surface area contributed by atoms with Crippen LogP contribution >= 0.6 is 11.3 Å². The number of carbonyl (C=O) groups excluding carboxylic acids is 1. The van der Waals surface area contributed by atoms with Crippen molar-refractivity contribution in [2.24, 2.45) is 7.05 Å². The molecule has 0 unspecified atom stereocenters. The SMILES string of the molecule is COCCN(C[C@H]1CCCO1)C(=O)c1sc2ncn(C)c(=O)c2c1C. The van der Waals surface area contributed by atoms with Gasteiger partial charge in [0.1, 0.15) is 4.83 Å². The van der Waals surface area contributed by atoms with Crippen LogP contribution < -0.4 is 5.56 Å². The molecular weight excluding hydrogens is 342 g/mol. The van der Waals surface area contributed by atoms with Gasteiger partial charge in [-0.15, -0.1) is 11.3 Å². The Morgan fingerprint density at radius 2 is 2.36 bits per heavy atom. The first-order chi connectivity index (χ1) is 12.0. The van der Waals surface area contributed by atoms with Gasteiger partial charge in [0.2, 0.25) is 0 Å². The quantitative estimate of drug-likeness (QED) is 0.777. The molecule has 7 nitrogen and oxygen atoms in total. The van der Waals surface area contributed by atoms with Crippen LogP contribution in [0.25, 0.3) is 10.2 Å². The van der Waals surface area contributed by atoms with Gasteiger partial charge in [0, 0.05) is 33.9 Å². The smallest absolute Gasteiger partial charge is 0.264 e. The molecule has 0 N–H and O–H groups in total. The molecule has 1 aliphatic rings. The molecule has 136 valence electrons. The summed E-state index contributed by atoms with van der Waals surface area (Å²) in [5, 5.41) is 0.530. The van der Waals surface area contributed by atoms with Crippen LogP contribution in [-0.2, 0) is 16.5 Å². The molecule has 0 aliphatic carbocycles. The van der Waals surface area contributed by atoms with Crippen molar-refractivity contribution in [3.8, 4) is 0 Å². The van der Waals surface area contributed by atoms with Crippen molar-refractivity contribution in [2.45, 2.75) is 25.9 Å². The third-order valence-corrected chi connectivity index (χ3v) is 5.69. The van der Waals surface area contributed by atoms with Gasteiger partial charge in [0.25, 0.3) is 11.5 Å². The maximum atomic E-state index is 13.1. The van der Waals surface area contributed by atoms with Crippen LogP contribution in [0.15, 0.2) is 11.1 Å². The number of hydrogen-bond donors (Lipinski definition) is 0. The maximum Gasteiger partial charge on any atom is 0.264 e. The highest BCUT2D eigenvalue weighted by Crippen LogP contribution is 2.28. The summed E-state index contributed by atoms with van der Waals surface area (Å²) >= 11 is 1.28. The van der Waals surface area contributed by atoms with Gasteiger partial charge in [-0.2, -0.15) is 0 Å². The number of aromatic nitrogens is 2. The number of rotatable bonds is 6. The molecule has 1 atom stereocenters. The van der Waals surface area contributed by atoms with E-state index in [1.54, 1.807) is 19.1 Å². The van der Waals surface area contributed by atoms with Crippen molar-refractivity contribution in [3.05, 3.63) is 27.1 Å². The standard InChI is InChI=1S/C17H23N3O4S/c1-11-13-15(18-10-19(2)16(13)21)25-14(11)17(22)20(6-8-23-3)9-12-5-4-7-24-12/h10,12H,4-9H2,1-3H3/t12-/m1/s1. The number of methoxy groups -OCH3 is 1. The summed E-state index contributed by atoms with van der Waals surface area (Å²) < 4.78 is 12.3. The van der Waals surface area contributed by atoms with Gasteiger partial charge in [-0.3, -0.25) is 9.59 Å². The number of thiophene rings is 1. The largest absolute Gasteiger partial charge is 0.383 e. The lowest BCUT2D eigenvalue weighted by Gasteiger charge is -2.25. The summed E-state index contributed by atoms with van der Waals surface area (Å²) in [6.07, 6.45) is 3.55. The normalized spacial score (nSPS) is 17.3. The second-order valence-electron chi connectivity index (χ2n) is 6.28. The molecule has 1 aliphatic heterocycles. The lowest BCUT2D eigenvalue weighted by Crippen LogP contribution is -2.39. The van der Waals surface area contributed by atoms with Crippen LogP contribution in [0.4, 0.5) is 0 Å². The highest BCUT2D eigenvalue weighted by Gasteiger charge is 2.27.